The molecule has 0 unspecified atom stereocenters. The molecule has 0 radical (unpaired) electrons. The number of hydrogen-bond acceptors (Lipinski definition) is 5. The van der Waals surface area contributed by atoms with Crippen molar-refractivity contribution in [2.75, 3.05) is 14.2 Å². The number of hydrogen-bond donors (Lipinski definition) is 1. The van der Waals surface area contributed by atoms with E-state index in [1.54, 1.807) is 32.4 Å². The molecule has 6 heteroatoms. The topological polar surface area (TPSA) is 60.7 Å². The molecule has 5 nitrogen and oxygen atoms in total. The Labute approximate surface area is 108 Å². The lowest BCUT2D eigenvalue weighted by Gasteiger charge is -2.09. The molecular formula is C12H13NO4S. The van der Waals surface area contributed by atoms with Gasteiger partial charge in [-0.05, 0) is 17.7 Å². The van der Waals surface area contributed by atoms with Gasteiger partial charge in [0.05, 0.1) is 26.1 Å². The van der Waals surface area contributed by atoms with Crippen LogP contribution in [0.3, 0.4) is 0 Å². The third-order valence-corrected chi connectivity index (χ3v) is 3.26. The van der Waals surface area contributed by atoms with Crippen molar-refractivity contribution in [1.29, 1.82) is 0 Å². The van der Waals surface area contributed by atoms with Crippen molar-refractivity contribution in [3.8, 4) is 17.4 Å². The van der Waals surface area contributed by atoms with Crippen molar-refractivity contribution in [1.82, 2.24) is 4.57 Å². The normalized spacial score (nSPS) is 10.3. The Balaban J connectivity index is 2.37. The molecule has 0 spiro atoms. The van der Waals surface area contributed by atoms with Crippen LogP contribution < -0.4 is 14.3 Å². The summed E-state index contributed by atoms with van der Waals surface area (Å²) in [5, 5.41) is 11.0. The first kappa shape index (κ1) is 12.5. The van der Waals surface area contributed by atoms with Crippen molar-refractivity contribution in [3.63, 3.8) is 0 Å². The molecule has 18 heavy (non-hydrogen) atoms. The van der Waals surface area contributed by atoms with Gasteiger partial charge in [0.1, 0.15) is 11.5 Å². The van der Waals surface area contributed by atoms with E-state index in [1.165, 1.54) is 9.95 Å². The Bertz CT molecular complexity index is 580. The Morgan fingerprint density at radius 1 is 1.22 bits per heavy atom. The summed E-state index contributed by atoms with van der Waals surface area (Å²) in [6, 6.07) is 5.35. The van der Waals surface area contributed by atoms with Crippen LogP contribution >= 0.6 is 11.3 Å². The molecule has 0 atom stereocenters. The first-order chi connectivity index (χ1) is 8.63. The molecule has 2 rings (SSSR count). The van der Waals surface area contributed by atoms with E-state index >= 15 is 0 Å². The molecule has 0 amide bonds. The summed E-state index contributed by atoms with van der Waals surface area (Å²) in [5.74, 6) is 1.26. The molecule has 0 saturated heterocycles. The third-order valence-electron chi connectivity index (χ3n) is 2.51. The number of aromatic hydroxyl groups is 1. The molecule has 0 aliphatic heterocycles. The maximum absolute atomic E-state index is 11.5. The van der Waals surface area contributed by atoms with Gasteiger partial charge in [0.15, 0.2) is 0 Å². The van der Waals surface area contributed by atoms with Gasteiger partial charge in [-0.25, -0.2) is 0 Å². The molecule has 2 aromatic rings. The van der Waals surface area contributed by atoms with Gasteiger partial charge >= 0.3 is 4.87 Å². The van der Waals surface area contributed by atoms with E-state index in [-0.39, 0.29) is 17.3 Å². The number of methoxy groups -OCH3 is 2. The van der Waals surface area contributed by atoms with Crippen LogP contribution in [-0.2, 0) is 6.54 Å². The highest BCUT2D eigenvalue weighted by molar-refractivity contribution is 7.07. The Hall–Kier alpha value is -1.95. The first-order valence-electron chi connectivity index (χ1n) is 5.23. The standard InChI is InChI=1S/C12H13NO4S/c1-16-9-3-8(4-10(5-9)17-2)6-13-11(14)7-18-12(13)15/h3-5,7,14H,6H2,1-2H3. The van der Waals surface area contributed by atoms with E-state index in [1.807, 2.05) is 0 Å². The van der Waals surface area contributed by atoms with Gasteiger partial charge in [-0.3, -0.25) is 9.36 Å². The average molecular weight is 267 g/mol. The molecule has 0 fully saturated rings. The zero-order valence-electron chi connectivity index (χ0n) is 10.0. The predicted molar refractivity (Wildman–Crippen MR) is 68.9 cm³/mol. The summed E-state index contributed by atoms with van der Waals surface area (Å²) in [6.45, 7) is 0.279. The fraction of sp³-hybridized carbons (Fsp3) is 0.250. The molecule has 96 valence electrons. The molecule has 0 saturated carbocycles. The lowest BCUT2D eigenvalue weighted by atomic mass is 10.2. The van der Waals surface area contributed by atoms with Crippen molar-refractivity contribution in [2.45, 2.75) is 6.54 Å². The van der Waals surface area contributed by atoms with E-state index in [9.17, 15) is 9.90 Å². The molecule has 0 aliphatic carbocycles. The maximum Gasteiger partial charge on any atom is 0.310 e. The van der Waals surface area contributed by atoms with Gasteiger partial charge in [0, 0.05) is 6.07 Å². The van der Waals surface area contributed by atoms with E-state index < -0.39 is 0 Å². The van der Waals surface area contributed by atoms with Crippen LogP contribution in [0.4, 0.5) is 0 Å². The SMILES string of the molecule is COc1cc(Cn2c(O)csc2=O)cc(OC)c1. The summed E-state index contributed by atoms with van der Waals surface area (Å²) in [7, 11) is 3.12. The Morgan fingerprint density at radius 2 is 1.83 bits per heavy atom. The van der Waals surface area contributed by atoms with Crippen LogP contribution in [0.15, 0.2) is 28.4 Å². The van der Waals surface area contributed by atoms with Gasteiger partial charge in [-0.15, -0.1) is 0 Å². The largest absolute Gasteiger partial charge is 0.497 e. The molecule has 1 aromatic carbocycles. The number of ether oxygens (including phenoxy) is 2. The second-order valence-corrected chi connectivity index (χ2v) is 4.49. The van der Waals surface area contributed by atoms with Gasteiger partial charge in [-0.1, -0.05) is 11.3 Å². The quantitative estimate of drug-likeness (QED) is 0.915. The number of benzene rings is 1. The molecule has 1 aromatic heterocycles. The summed E-state index contributed by atoms with van der Waals surface area (Å²) in [4.78, 5) is 11.3. The van der Waals surface area contributed by atoms with Crippen molar-refractivity contribution in [3.05, 3.63) is 38.8 Å². The highest BCUT2D eigenvalue weighted by Gasteiger charge is 2.08. The monoisotopic (exact) mass is 267 g/mol. The second kappa shape index (κ2) is 5.14. The molecule has 1 N–H and O–H groups in total. The number of thiazole rings is 1. The Morgan fingerprint density at radius 3 is 2.28 bits per heavy atom. The summed E-state index contributed by atoms with van der Waals surface area (Å²) < 4.78 is 11.6. The van der Waals surface area contributed by atoms with Crippen molar-refractivity contribution in [2.24, 2.45) is 0 Å². The molecule has 1 heterocycles. The zero-order chi connectivity index (χ0) is 13.1. The molecule has 0 aliphatic rings. The number of nitrogens with zero attached hydrogens (tertiary/aromatic N) is 1. The van der Waals surface area contributed by atoms with Gasteiger partial charge < -0.3 is 14.6 Å². The highest BCUT2D eigenvalue weighted by Crippen LogP contribution is 2.23. The highest BCUT2D eigenvalue weighted by atomic mass is 32.1. The van der Waals surface area contributed by atoms with Gasteiger partial charge in [0.25, 0.3) is 0 Å². The lowest BCUT2D eigenvalue weighted by molar-refractivity contribution is 0.392. The first-order valence-corrected chi connectivity index (χ1v) is 6.11. The number of rotatable bonds is 4. The second-order valence-electron chi connectivity index (χ2n) is 3.67. The Kier molecular flexibility index (Phi) is 3.57. The molecule has 0 bridgehead atoms. The lowest BCUT2D eigenvalue weighted by Crippen LogP contribution is -2.13. The van der Waals surface area contributed by atoms with Crippen LogP contribution in [-0.4, -0.2) is 23.9 Å². The maximum atomic E-state index is 11.5. The summed E-state index contributed by atoms with van der Waals surface area (Å²) in [5.41, 5.74) is 0.821. The minimum atomic E-state index is -0.200. The third kappa shape index (κ3) is 2.48. The fourth-order valence-electron chi connectivity index (χ4n) is 1.61. The van der Waals surface area contributed by atoms with E-state index in [4.69, 9.17) is 9.47 Å². The van der Waals surface area contributed by atoms with Crippen LogP contribution in [0.25, 0.3) is 0 Å². The van der Waals surface area contributed by atoms with Gasteiger partial charge in [0.2, 0.25) is 5.88 Å². The van der Waals surface area contributed by atoms with Gasteiger partial charge in [-0.2, -0.15) is 0 Å². The van der Waals surface area contributed by atoms with Crippen LogP contribution in [0.5, 0.6) is 17.4 Å². The van der Waals surface area contributed by atoms with Crippen LogP contribution in [0.1, 0.15) is 5.56 Å². The minimum absolute atomic E-state index is 0.0354. The van der Waals surface area contributed by atoms with Crippen LogP contribution in [0, 0.1) is 0 Å². The fourth-order valence-corrected chi connectivity index (χ4v) is 2.23. The van der Waals surface area contributed by atoms with Crippen molar-refractivity contribution >= 4 is 11.3 Å². The van der Waals surface area contributed by atoms with Crippen LogP contribution in [0.2, 0.25) is 0 Å². The minimum Gasteiger partial charge on any atom is -0.497 e. The van der Waals surface area contributed by atoms with Crippen molar-refractivity contribution < 1.29 is 14.6 Å². The van der Waals surface area contributed by atoms with E-state index in [0.717, 1.165) is 16.9 Å². The summed E-state index contributed by atoms with van der Waals surface area (Å²) in [6.07, 6.45) is 0. The average Bonchev–Trinajstić information content (AvgIpc) is 2.70. The molecular weight excluding hydrogens is 254 g/mol. The smallest absolute Gasteiger partial charge is 0.310 e. The number of aromatic nitrogens is 1. The predicted octanol–water partition coefficient (Wildman–Crippen LogP) is 1.68. The van der Waals surface area contributed by atoms with E-state index in [0.29, 0.717) is 11.5 Å². The summed E-state index contributed by atoms with van der Waals surface area (Å²) >= 11 is 0.965. The van der Waals surface area contributed by atoms with E-state index in [2.05, 4.69) is 0 Å². The zero-order valence-corrected chi connectivity index (χ0v) is 10.9.